The highest BCUT2D eigenvalue weighted by Crippen LogP contribution is 2.21. The Labute approximate surface area is 111 Å². The lowest BCUT2D eigenvalue weighted by atomic mass is 10.00. The average molecular weight is 265 g/mol. The normalized spacial score (nSPS) is 12.6. The third-order valence-electron chi connectivity index (χ3n) is 3.12. The SMILES string of the molecule is CNC(CCc1cnn(C)c1)c1cc(F)cc(F)c1. The molecule has 1 atom stereocenters. The van der Waals surface area contributed by atoms with E-state index in [0.29, 0.717) is 5.56 Å². The van der Waals surface area contributed by atoms with Crippen molar-refractivity contribution < 1.29 is 8.78 Å². The maximum atomic E-state index is 13.2. The molecule has 0 bridgehead atoms. The van der Waals surface area contributed by atoms with Gasteiger partial charge in [0.1, 0.15) is 11.6 Å². The minimum Gasteiger partial charge on any atom is -0.313 e. The molecule has 1 heterocycles. The van der Waals surface area contributed by atoms with Gasteiger partial charge in [-0.25, -0.2) is 8.78 Å². The summed E-state index contributed by atoms with van der Waals surface area (Å²) in [6, 6.07) is 3.55. The van der Waals surface area contributed by atoms with Gasteiger partial charge < -0.3 is 5.32 Å². The third kappa shape index (κ3) is 3.61. The van der Waals surface area contributed by atoms with Crippen molar-refractivity contribution in [3.8, 4) is 0 Å². The number of benzene rings is 1. The van der Waals surface area contributed by atoms with Crippen LogP contribution in [0.3, 0.4) is 0 Å². The number of nitrogens with zero attached hydrogens (tertiary/aromatic N) is 2. The van der Waals surface area contributed by atoms with Crippen molar-refractivity contribution >= 4 is 0 Å². The van der Waals surface area contributed by atoms with E-state index in [-0.39, 0.29) is 6.04 Å². The van der Waals surface area contributed by atoms with E-state index in [0.717, 1.165) is 24.5 Å². The lowest BCUT2D eigenvalue weighted by molar-refractivity contribution is 0.528. The summed E-state index contributed by atoms with van der Waals surface area (Å²) in [6.45, 7) is 0. The van der Waals surface area contributed by atoms with Crippen molar-refractivity contribution in [2.24, 2.45) is 7.05 Å². The van der Waals surface area contributed by atoms with Crippen LogP contribution in [-0.2, 0) is 13.5 Å². The number of aryl methyl sites for hydroxylation is 2. The fourth-order valence-corrected chi connectivity index (χ4v) is 2.17. The molecule has 0 amide bonds. The summed E-state index contributed by atoms with van der Waals surface area (Å²) in [6.07, 6.45) is 5.31. The quantitative estimate of drug-likeness (QED) is 0.900. The van der Waals surface area contributed by atoms with E-state index in [1.54, 1.807) is 17.9 Å². The van der Waals surface area contributed by atoms with E-state index in [1.165, 1.54) is 12.1 Å². The van der Waals surface area contributed by atoms with Gasteiger partial charge in [0.2, 0.25) is 0 Å². The van der Waals surface area contributed by atoms with Gasteiger partial charge in [-0.05, 0) is 43.1 Å². The fourth-order valence-electron chi connectivity index (χ4n) is 2.17. The molecule has 5 heteroatoms. The molecule has 19 heavy (non-hydrogen) atoms. The molecule has 0 saturated carbocycles. The average Bonchev–Trinajstić information content (AvgIpc) is 2.75. The summed E-state index contributed by atoms with van der Waals surface area (Å²) >= 11 is 0. The van der Waals surface area contributed by atoms with Gasteiger partial charge in [-0.1, -0.05) is 0 Å². The first kappa shape index (κ1) is 13.7. The first-order valence-corrected chi connectivity index (χ1v) is 6.19. The highest BCUT2D eigenvalue weighted by molar-refractivity contribution is 5.22. The summed E-state index contributed by atoms with van der Waals surface area (Å²) in [5.74, 6) is -1.09. The zero-order valence-electron chi connectivity index (χ0n) is 11.0. The molecule has 2 aromatic rings. The van der Waals surface area contributed by atoms with Crippen LogP contribution in [0.2, 0.25) is 0 Å². The van der Waals surface area contributed by atoms with Crippen LogP contribution < -0.4 is 5.32 Å². The van der Waals surface area contributed by atoms with E-state index in [4.69, 9.17) is 0 Å². The van der Waals surface area contributed by atoms with Crippen LogP contribution in [0.1, 0.15) is 23.6 Å². The van der Waals surface area contributed by atoms with Crippen molar-refractivity contribution in [2.75, 3.05) is 7.05 Å². The molecular weight excluding hydrogens is 248 g/mol. The predicted molar refractivity (Wildman–Crippen MR) is 69.7 cm³/mol. The molecule has 1 aromatic carbocycles. The number of rotatable bonds is 5. The summed E-state index contributed by atoms with van der Waals surface area (Å²) in [4.78, 5) is 0. The zero-order chi connectivity index (χ0) is 13.8. The van der Waals surface area contributed by atoms with Crippen molar-refractivity contribution in [3.05, 3.63) is 53.4 Å². The van der Waals surface area contributed by atoms with E-state index in [1.807, 2.05) is 13.2 Å². The Hall–Kier alpha value is -1.75. The maximum Gasteiger partial charge on any atom is 0.126 e. The van der Waals surface area contributed by atoms with Crippen LogP contribution in [0, 0.1) is 11.6 Å². The molecule has 3 nitrogen and oxygen atoms in total. The maximum absolute atomic E-state index is 13.2. The number of halogens is 2. The second-order valence-corrected chi connectivity index (χ2v) is 4.60. The summed E-state index contributed by atoms with van der Waals surface area (Å²) in [7, 11) is 3.65. The van der Waals surface area contributed by atoms with Crippen LogP contribution >= 0.6 is 0 Å². The summed E-state index contributed by atoms with van der Waals surface area (Å²) < 4.78 is 28.2. The Morgan fingerprint density at radius 2 is 1.95 bits per heavy atom. The van der Waals surface area contributed by atoms with Crippen molar-refractivity contribution in [1.82, 2.24) is 15.1 Å². The van der Waals surface area contributed by atoms with Gasteiger partial charge in [-0.2, -0.15) is 5.10 Å². The molecule has 0 radical (unpaired) electrons. The molecule has 1 aromatic heterocycles. The molecule has 1 unspecified atom stereocenters. The van der Waals surface area contributed by atoms with Gasteiger partial charge in [0.05, 0.1) is 6.20 Å². The van der Waals surface area contributed by atoms with Crippen LogP contribution in [0.4, 0.5) is 8.78 Å². The summed E-state index contributed by atoms with van der Waals surface area (Å²) in [5, 5.41) is 7.19. The van der Waals surface area contributed by atoms with Crippen LogP contribution in [0.5, 0.6) is 0 Å². The van der Waals surface area contributed by atoms with Crippen molar-refractivity contribution in [2.45, 2.75) is 18.9 Å². The monoisotopic (exact) mass is 265 g/mol. The molecule has 0 saturated heterocycles. The van der Waals surface area contributed by atoms with Gasteiger partial charge in [0.15, 0.2) is 0 Å². The Kier molecular flexibility index (Phi) is 4.27. The third-order valence-corrected chi connectivity index (χ3v) is 3.12. The van der Waals surface area contributed by atoms with Crippen molar-refractivity contribution in [1.29, 1.82) is 0 Å². The molecule has 0 aliphatic carbocycles. The number of nitrogens with one attached hydrogen (secondary N) is 1. The fraction of sp³-hybridized carbons (Fsp3) is 0.357. The van der Waals surface area contributed by atoms with Crippen LogP contribution in [0.15, 0.2) is 30.6 Å². The molecule has 2 rings (SSSR count). The number of hydrogen-bond donors (Lipinski definition) is 1. The highest BCUT2D eigenvalue weighted by atomic mass is 19.1. The van der Waals surface area contributed by atoms with Gasteiger partial charge >= 0.3 is 0 Å². The number of aromatic nitrogens is 2. The molecule has 102 valence electrons. The Morgan fingerprint density at radius 1 is 1.26 bits per heavy atom. The highest BCUT2D eigenvalue weighted by Gasteiger charge is 2.12. The van der Waals surface area contributed by atoms with Crippen LogP contribution in [-0.4, -0.2) is 16.8 Å². The van der Waals surface area contributed by atoms with E-state index in [9.17, 15) is 8.78 Å². The second kappa shape index (κ2) is 5.93. The summed E-state index contributed by atoms with van der Waals surface area (Å²) in [5.41, 5.74) is 1.74. The van der Waals surface area contributed by atoms with E-state index < -0.39 is 11.6 Å². The largest absolute Gasteiger partial charge is 0.313 e. The van der Waals surface area contributed by atoms with Gasteiger partial charge in [0, 0.05) is 25.4 Å². The molecule has 1 N–H and O–H groups in total. The van der Waals surface area contributed by atoms with Crippen LogP contribution in [0.25, 0.3) is 0 Å². The van der Waals surface area contributed by atoms with Gasteiger partial charge in [-0.3, -0.25) is 4.68 Å². The van der Waals surface area contributed by atoms with E-state index in [2.05, 4.69) is 10.4 Å². The lowest BCUT2D eigenvalue weighted by Gasteiger charge is -2.16. The molecular formula is C14H17F2N3. The second-order valence-electron chi connectivity index (χ2n) is 4.60. The first-order valence-electron chi connectivity index (χ1n) is 6.19. The lowest BCUT2D eigenvalue weighted by Crippen LogP contribution is -2.17. The smallest absolute Gasteiger partial charge is 0.126 e. The zero-order valence-corrected chi connectivity index (χ0v) is 11.0. The van der Waals surface area contributed by atoms with Crippen molar-refractivity contribution in [3.63, 3.8) is 0 Å². The standard InChI is InChI=1S/C14H17F2N3/c1-17-14(4-3-10-8-18-19(2)9-10)11-5-12(15)7-13(16)6-11/h5-9,14,17H,3-4H2,1-2H3. The molecule has 0 aliphatic heterocycles. The Balaban J connectivity index is 2.07. The minimum absolute atomic E-state index is 0.0783. The molecule has 0 fully saturated rings. The van der Waals surface area contributed by atoms with Gasteiger partial charge in [0.25, 0.3) is 0 Å². The minimum atomic E-state index is -0.545. The first-order chi connectivity index (χ1) is 9.08. The predicted octanol–water partition coefficient (Wildman–Crippen LogP) is 2.59. The van der Waals surface area contributed by atoms with Gasteiger partial charge in [-0.15, -0.1) is 0 Å². The topological polar surface area (TPSA) is 29.9 Å². The molecule has 0 spiro atoms. The Morgan fingerprint density at radius 3 is 2.47 bits per heavy atom. The van der Waals surface area contributed by atoms with E-state index >= 15 is 0 Å². The molecule has 0 aliphatic rings. The number of hydrogen-bond acceptors (Lipinski definition) is 2. The Bertz CT molecular complexity index is 531.